The predicted octanol–water partition coefficient (Wildman–Crippen LogP) is 22.5. The molecule has 4 nitrogen and oxygen atoms in total. The van der Waals surface area contributed by atoms with E-state index in [-0.39, 0.29) is 39.2 Å². The minimum atomic E-state index is -0.203. The van der Waals surface area contributed by atoms with Crippen molar-refractivity contribution in [2.24, 2.45) is 0 Å². The van der Waals surface area contributed by atoms with Gasteiger partial charge in [-0.1, -0.05) is 210 Å². The van der Waals surface area contributed by atoms with Crippen LogP contribution in [-0.4, -0.2) is 11.3 Å². The van der Waals surface area contributed by atoms with E-state index in [1.807, 2.05) is 11.3 Å². The molecule has 0 bridgehead atoms. The Hall–Kier alpha value is -8.32. The van der Waals surface area contributed by atoms with Crippen molar-refractivity contribution < 1.29 is 0 Å². The lowest BCUT2D eigenvalue weighted by Gasteiger charge is -2.47. The van der Waals surface area contributed by atoms with Crippen molar-refractivity contribution in [3.8, 4) is 16.8 Å². The molecule has 5 heterocycles. The summed E-state index contributed by atoms with van der Waals surface area (Å²) in [5, 5.41) is 5.26. The third-order valence-corrected chi connectivity index (χ3v) is 21.1. The molecule has 3 aliphatic rings. The van der Waals surface area contributed by atoms with Gasteiger partial charge in [-0.15, -0.1) is 11.3 Å². The Morgan fingerprint density at radius 3 is 1.48 bits per heavy atom. The highest BCUT2D eigenvalue weighted by Crippen LogP contribution is 2.56. The van der Waals surface area contributed by atoms with Crippen LogP contribution in [0.4, 0.5) is 51.2 Å². The van der Waals surface area contributed by atoms with E-state index in [2.05, 4.69) is 332 Å². The van der Waals surface area contributed by atoms with Gasteiger partial charge in [0.2, 0.25) is 0 Å². The van der Waals surface area contributed by atoms with Gasteiger partial charge in [0.1, 0.15) is 0 Å². The van der Waals surface area contributed by atoms with Crippen molar-refractivity contribution in [2.75, 3.05) is 14.7 Å². The summed E-state index contributed by atoms with van der Waals surface area (Å²) in [6.45, 7) is 42.3. The lowest BCUT2D eigenvalue weighted by atomic mass is 9.33. The Morgan fingerprint density at radius 2 is 0.867 bits per heavy atom. The molecular formula is C84H85BN4S. The largest absolute Gasteiger partial charge is 0.311 e. The van der Waals surface area contributed by atoms with Gasteiger partial charge in [-0.2, -0.15) is 0 Å². The summed E-state index contributed by atoms with van der Waals surface area (Å²) in [7, 11) is 0. The molecule has 6 heteroatoms. The summed E-state index contributed by atoms with van der Waals surface area (Å²) in [5.74, 6) is 0. The number of anilines is 9. The van der Waals surface area contributed by atoms with Crippen molar-refractivity contribution in [3.05, 3.63) is 221 Å². The second-order valence-corrected chi connectivity index (χ2v) is 33.5. The maximum atomic E-state index is 2.74. The van der Waals surface area contributed by atoms with E-state index in [0.29, 0.717) is 0 Å². The summed E-state index contributed by atoms with van der Waals surface area (Å²) < 4.78 is 5.30. The van der Waals surface area contributed by atoms with Crippen LogP contribution in [0.25, 0.3) is 58.8 Å². The van der Waals surface area contributed by atoms with Crippen LogP contribution < -0.4 is 31.1 Å². The standard InChI is InChI=1S/C84H85BN4S/c1-79(2,3)51-28-35-57(36-29-51)86(58-37-30-52(31-38-58)80(4,5)6)60-39-40-65-68(49-60)87(59-33-26-50(27-34-59)61-23-21-25-74-75(61)62-22-19-20-24-73(62)90-74)69-45-56(84(16,17)18)46-70-76(69)85(65)66-44-55(83(13,14)15)48-72-78(66)89(70)71-47-54(82(10,11)12)43-64-63-42-53(81(7,8)9)32-41-67(63)88(72)77(64)71/h19-49H,1-18H3. The molecule has 0 atom stereocenters. The zero-order chi connectivity index (χ0) is 63.3. The minimum absolute atomic E-state index is 0.00795. The molecule has 0 radical (unpaired) electrons. The summed E-state index contributed by atoms with van der Waals surface area (Å²) >= 11 is 1.88. The Morgan fingerprint density at radius 1 is 0.356 bits per heavy atom. The van der Waals surface area contributed by atoms with Crippen molar-refractivity contribution in [1.82, 2.24) is 4.57 Å². The van der Waals surface area contributed by atoms with Crippen LogP contribution in [0.3, 0.4) is 0 Å². The first kappa shape index (κ1) is 58.1. The number of thiophene rings is 1. The zero-order valence-corrected chi connectivity index (χ0v) is 57.0. The molecule has 2 aromatic heterocycles. The molecule has 10 aromatic carbocycles. The fourth-order valence-corrected chi connectivity index (χ4v) is 15.8. The van der Waals surface area contributed by atoms with Crippen LogP contribution in [0.5, 0.6) is 0 Å². The van der Waals surface area contributed by atoms with Gasteiger partial charge >= 0.3 is 0 Å². The van der Waals surface area contributed by atoms with Gasteiger partial charge in [0.15, 0.2) is 0 Å². The Bertz CT molecular complexity index is 4880. The van der Waals surface area contributed by atoms with E-state index in [9.17, 15) is 0 Å². The molecule has 3 aliphatic heterocycles. The molecule has 0 saturated carbocycles. The van der Waals surface area contributed by atoms with E-state index >= 15 is 0 Å². The van der Waals surface area contributed by atoms with Crippen LogP contribution in [0, 0.1) is 0 Å². The first-order valence-corrected chi connectivity index (χ1v) is 33.5. The molecule has 15 rings (SSSR count). The van der Waals surface area contributed by atoms with Gasteiger partial charge in [-0.3, -0.25) is 0 Å². The average molecular weight is 1190 g/mol. The van der Waals surface area contributed by atoms with Crippen LogP contribution in [0.1, 0.15) is 158 Å². The number of nitrogens with zero attached hydrogens (tertiary/aromatic N) is 4. The van der Waals surface area contributed by atoms with Gasteiger partial charge in [0.25, 0.3) is 6.71 Å². The molecule has 0 amide bonds. The van der Waals surface area contributed by atoms with Gasteiger partial charge in [0.05, 0.1) is 28.1 Å². The van der Waals surface area contributed by atoms with Crippen molar-refractivity contribution in [1.29, 1.82) is 0 Å². The monoisotopic (exact) mass is 1190 g/mol. The summed E-state index contributed by atoms with van der Waals surface area (Å²) in [4.78, 5) is 7.87. The Kier molecular flexibility index (Phi) is 12.6. The molecule has 0 N–H and O–H groups in total. The second-order valence-electron chi connectivity index (χ2n) is 32.4. The Labute approximate surface area is 538 Å². The fourth-order valence-electron chi connectivity index (χ4n) is 14.7. The summed E-state index contributed by atoms with van der Waals surface area (Å²) in [6.07, 6.45) is 0. The third-order valence-electron chi connectivity index (χ3n) is 20.0. The molecule has 450 valence electrons. The Balaban J connectivity index is 1.05. The summed E-state index contributed by atoms with van der Waals surface area (Å²) in [5.41, 5.74) is 28.3. The number of benzene rings is 10. The molecule has 0 fully saturated rings. The SMILES string of the molecule is CC(C)(C)c1ccc(N(c2ccc(C(C)(C)C)cc2)c2ccc3c(c2)N(c2ccc(-c4cccc5sc6ccccc6c45)cc2)c2cc(C(C)(C)C)cc4c2B3c2cc(C(C)(C)C)cc3c2N4c2cc(C(C)(C)C)cc4c5cc(C(C)(C)C)ccc5n-3c24)cc1. The van der Waals surface area contributed by atoms with Gasteiger partial charge in [0, 0.05) is 70.8 Å². The summed E-state index contributed by atoms with van der Waals surface area (Å²) in [6, 6.07) is 74.1. The number of hydrogen-bond acceptors (Lipinski definition) is 4. The molecule has 12 aromatic rings. The van der Waals surface area contributed by atoms with Crippen molar-refractivity contribution >= 4 is 128 Å². The van der Waals surface area contributed by atoms with Crippen LogP contribution in [-0.2, 0) is 32.5 Å². The number of rotatable bonds is 5. The highest BCUT2D eigenvalue weighted by Gasteiger charge is 2.48. The predicted molar refractivity (Wildman–Crippen MR) is 394 cm³/mol. The lowest BCUT2D eigenvalue weighted by molar-refractivity contribution is 0.589. The lowest BCUT2D eigenvalue weighted by Crippen LogP contribution is -2.62. The highest BCUT2D eigenvalue weighted by molar-refractivity contribution is 7.26. The molecule has 0 saturated heterocycles. The second kappa shape index (κ2) is 19.6. The number of hydrogen-bond donors (Lipinski definition) is 0. The van der Waals surface area contributed by atoms with Crippen LogP contribution >= 0.6 is 11.3 Å². The smallest absolute Gasteiger partial charge is 0.252 e. The maximum Gasteiger partial charge on any atom is 0.252 e. The molecule has 90 heavy (non-hydrogen) atoms. The number of aromatic nitrogens is 1. The fraction of sp³-hybridized carbons (Fsp3) is 0.286. The van der Waals surface area contributed by atoms with E-state index < -0.39 is 0 Å². The first-order valence-electron chi connectivity index (χ1n) is 32.7. The zero-order valence-electron chi connectivity index (χ0n) is 56.2. The van der Waals surface area contributed by atoms with E-state index in [1.54, 1.807) is 0 Å². The topological polar surface area (TPSA) is 14.7 Å². The van der Waals surface area contributed by atoms with E-state index in [1.165, 1.54) is 137 Å². The normalized spacial score (nSPS) is 14.0. The van der Waals surface area contributed by atoms with Crippen LogP contribution in [0.15, 0.2) is 188 Å². The van der Waals surface area contributed by atoms with E-state index in [4.69, 9.17) is 0 Å². The van der Waals surface area contributed by atoms with Crippen molar-refractivity contribution in [3.63, 3.8) is 0 Å². The third kappa shape index (κ3) is 9.11. The van der Waals surface area contributed by atoms with Gasteiger partial charge < -0.3 is 19.3 Å². The maximum absolute atomic E-state index is 2.74. The van der Waals surface area contributed by atoms with Gasteiger partial charge in [-0.25, -0.2) is 0 Å². The first-order chi connectivity index (χ1) is 42.4. The molecule has 0 aliphatic carbocycles. The van der Waals surface area contributed by atoms with Gasteiger partial charge in [-0.05, 0) is 197 Å². The molecular weight excluding hydrogens is 1110 g/mol. The minimum Gasteiger partial charge on any atom is -0.311 e. The highest BCUT2D eigenvalue weighted by atomic mass is 32.1. The van der Waals surface area contributed by atoms with E-state index in [0.717, 1.165) is 22.7 Å². The number of fused-ring (bicyclic) bond motifs is 12. The van der Waals surface area contributed by atoms with Crippen LogP contribution in [0.2, 0.25) is 0 Å². The quantitative estimate of drug-likeness (QED) is 0.160. The van der Waals surface area contributed by atoms with Crippen molar-refractivity contribution in [2.45, 2.75) is 157 Å². The molecule has 0 spiro atoms. The molecule has 0 unspecified atom stereocenters. The average Bonchev–Trinajstić information content (AvgIpc) is 1.16.